The van der Waals surface area contributed by atoms with Crippen LogP contribution in [-0.4, -0.2) is 17.4 Å². The van der Waals surface area contributed by atoms with Crippen molar-refractivity contribution in [2.24, 2.45) is 5.92 Å². The van der Waals surface area contributed by atoms with Crippen molar-refractivity contribution in [2.45, 2.75) is 25.3 Å². The quantitative estimate of drug-likeness (QED) is 0.835. The molecular weight excluding hydrogens is 294 g/mol. The molecule has 5 heteroatoms. The first kappa shape index (κ1) is 12.5. The van der Waals surface area contributed by atoms with Crippen molar-refractivity contribution in [1.82, 2.24) is 4.90 Å². The van der Waals surface area contributed by atoms with Crippen LogP contribution in [0.4, 0.5) is 0 Å². The fourth-order valence-corrected chi connectivity index (χ4v) is 4.20. The minimum Gasteiger partial charge on any atom is -0.452 e. The molecule has 0 saturated heterocycles. The lowest BCUT2D eigenvalue weighted by molar-refractivity contribution is 0.0636. The van der Waals surface area contributed by atoms with Gasteiger partial charge in [-0.05, 0) is 59.9 Å². The van der Waals surface area contributed by atoms with Gasteiger partial charge in [-0.3, -0.25) is 4.79 Å². The zero-order valence-electron chi connectivity index (χ0n) is 10.8. The van der Waals surface area contributed by atoms with E-state index in [-0.39, 0.29) is 17.2 Å². The van der Waals surface area contributed by atoms with Gasteiger partial charge in [0, 0.05) is 11.4 Å². The number of carbonyl (C=O) groups excluding carboxylic acids is 1. The summed E-state index contributed by atoms with van der Waals surface area (Å²) < 4.78 is 5.06. The van der Waals surface area contributed by atoms with Gasteiger partial charge in [0.15, 0.2) is 0 Å². The number of fused-ring (bicyclic) bond motifs is 1. The Labute approximate surface area is 126 Å². The van der Waals surface area contributed by atoms with Gasteiger partial charge in [-0.2, -0.15) is 0 Å². The lowest BCUT2D eigenvalue weighted by atomic mass is 9.95. The second-order valence-corrected chi connectivity index (χ2v) is 6.78. The number of thiophene rings is 1. The highest BCUT2D eigenvalue weighted by atomic mass is 35.5. The molecule has 1 aliphatic heterocycles. The van der Waals surface area contributed by atoms with Crippen LogP contribution in [0.25, 0.3) is 0 Å². The van der Waals surface area contributed by atoms with Gasteiger partial charge < -0.3 is 9.32 Å². The third-order valence-corrected chi connectivity index (χ3v) is 5.48. The molecule has 4 rings (SSSR count). The maximum absolute atomic E-state index is 12.7. The molecule has 3 heterocycles. The summed E-state index contributed by atoms with van der Waals surface area (Å²) in [4.78, 5) is 16.2. The van der Waals surface area contributed by atoms with Crippen molar-refractivity contribution in [3.8, 4) is 0 Å². The first-order chi connectivity index (χ1) is 9.75. The highest BCUT2D eigenvalue weighted by molar-refractivity contribution is 7.10. The maximum Gasteiger partial charge on any atom is 0.259 e. The van der Waals surface area contributed by atoms with Gasteiger partial charge >= 0.3 is 0 Å². The Hall–Kier alpha value is -1.26. The molecule has 0 N–H and O–H groups in total. The van der Waals surface area contributed by atoms with E-state index in [0.717, 1.165) is 13.0 Å². The topological polar surface area (TPSA) is 33.5 Å². The zero-order chi connectivity index (χ0) is 13.7. The Kier molecular flexibility index (Phi) is 2.89. The minimum absolute atomic E-state index is 0.00231. The Balaban J connectivity index is 1.71. The summed E-state index contributed by atoms with van der Waals surface area (Å²) in [7, 11) is 0. The molecule has 1 amide bonds. The van der Waals surface area contributed by atoms with Gasteiger partial charge in [0.25, 0.3) is 5.91 Å². The Morgan fingerprint density at radius 2 is 2.25 bits per heavy atom. The van der Waals surface area contributed by atoms with E-state index in [0.29, 0.717) is 11.5 Å². The minimum atomic E-state index is -0.00231. The van der Waals surface area contributed by atoms with Crippen LogP contribution in [0.15, 0.2) is 28.2 Å². The molecule has 3 nitrogen and oxygen atoms in total. The van der Waals surface area contributed by atoms with Gasteiger partial charge in [-0.15, -0.1) is 11.3 Å². The molecule has 104 valence electrons. The number of nitrogens with zero attached hydrogens (tertiary/aromatic N) is 1. The van der Waals surface area contributed by atoms with Crippen LogP contribution in [0.3, 0.4) is 0 Å². The average Bonchev–Trinajstić information content (AvgIpc) is 3.01. The van der Waals surface area contributed by atoms with Crippen molar-refractivity contribution in [3.63, 3.8) is 0 Å². The number of hydrogen-bond acceptors (Lipinski definition) is 3. The SMILES string of the molecule is O=C(c1ccoc1Cl)N1CCc2sccc2C1C1CC1. The predicted molar refractivity (Wildman–Crippen MR) is 78.2 cm³/mol. The van der Waals surface area contributed by atoms with Crippen LogP contribution in [0, 0.1) is 5.92 Å². The third kappa shape index (κ3) is 1.90. The summed E-state index contributed by atoms with van der Waals surface area (Å²) in [6.07, 6.45) is 4.84. The number of hydrogen-bond donors (Lipinski definition) is 0. The van der Waals surface area contributed by atoms with Crippen LogP contribution in [0.1, 0.15) is 39.7 Å². The number of rotatable bonds is 2. The van der Waals surface area contributed by atoms with Crippen LogP contribution in [-0.2, 0) is 6.42 Å². The largest absolute Gasteiger partial charge is 0.452 e. The van der Waals surface area contributed by atoms with E-state index in [2.05, 4.69) is 11.4 Å². The molecule has 20 heavy (non-hydrogen) atoms. The number of carbonyl (C=O) groups is 1. The van der Waals surface area contributed by atoms with Crippen molar-refractivity contribution in [2.75, 3.05) is 6.54 Å². The van der Waals surface area contributed by atoms with E-state index in [9.17, 15) is 4.79 Å². The molecule has 0 radical (unpaired) electrons. The molecule has 2 aromatic heterocycles. The highest BCUT2D eigenvalue weighted by Crippen LogP contribution is 2.48. The van der Waals surface area contributed by atoms with Crippen LogP contribution in [0.2, 0.25) is 5.22 Å². The predicted octanol–water partition coefficient (Wildman–Crippen LogP) is 4.14. The number of halogens is 1. The fraction of sp³-hybridized carbons (Fsp3) is 0.400. The molecule has 1 fully saturated rings. The molecule has 1 saturated carbocycles. The molecule has 0 spiro atoms. The van der Waals surface area contributed by atoms with E-state index in [1.807, 2.05) is 4.90 Å². The van der Waals surface area contributed by atoms with Gasteiger partial charge in [0.05, 0.1) is 17.9 Å². The molecule has 2 aliphatic rings. The summed E-state index contributed by atoms with van der Waals surface area (Å²) in [6, 6.07) is 4.07. The van der Waals surface area contributed by atoms with Crippen molar-refractivity contribution in [3.05, 3.63) is 45.0 Å². The Morgan fingerprint density at radius 1 is 1.40 bits per heavy atom. The van der Waals surface area contributed by atoms with E-state index < -0.39 is 0 Å². The molecule has 0 aromatic carbocycles. The van der Waals surface area contributed by atoms with E-state index in [1.54, 1.807) is 17.4 Å². The van der Waals surface area contributed by atoms with Gasteiger partial charge in [-0.1, -0.05) is 0 Å². The first-order valence-electron chi connectivity index (χ1n) is 6.86. The fourth-order valence-electron chi connectivity index (χ4n) is 3.10. The zero-order valence-corrected chi connectivity index (χ0v) is 12.4. The number of amides is 1. The van der Waals surface area contributed by atoms with Crippen LogP contribution >= 0.6 is 22.9 Å². The highest BCUT2D eigenvalue weighted by Gasteiger charge is 2.42. The van der Waals surface area contributed by atoms with Gasteiger partial charge in [0.1, 0.15) is 0 Å². The lowest BCUT2D eigenvalue weighted by Crippen LogP contribution is -2.40. The molecule has 1 atom stereocenters. The summed E-state index contributed by atoms with van der Waals surface area (Å²) in [5.41, 5.74) is 1.83. The van der Waals surface area contributed by atoms with Crippen molar-refractivity contribution in [1.29, 1.82) is 0 Å². The second kappa shape index (κ2) is 4.64. The van der Waals surface area contributed by atoms with Crippen molar-refractivity contribution < 1.29 is 9.21 Å². The molecule has 0 bridgehead atoms. The second-order valence-electron chi connectivity index (χ2n) is 5.44. The smallest absolute Gasteiger partial charge is 0.259 e. The standard InChI is InChI=1S/C15H14ClNO2S/c16-14-11(4-7-19-14)15(18)17-6-3-12-10(5-8-20-12)13(17)9-1-2-9/h4-5,7-9,13H,1-3,6H2. The summed E-state index contributed by atoms with van der Waals surface area (Å²) in [5, 5.41) is 2.33. The van der Waals surface area contributed by atoms with Crippen LogP contribution < -0.4 is 0 Å². The maximum atomic E-state index is 12.7. The lowest BCUT2D eigenvalue weighted by Gasteiger charge is -2.36. The monoisotopic (exact) mass is 307 g/mol. The summed E-state index contributed by atoms with van der Waals surface area (Å²) >= 11 is 7.77. The van der Waals surface area contributed by atoms with Gasteiger partial charge in [-0.25, -0.2) is 0 Å². The van der Waals surface area contributed by atoms with E-state index in [1.165, 1.54) is 29.5 Å². The Bertz CT molecular complexity index is 658. The van der Waals surface area contributed by atoms with E-state index in [4.69, 9.17) is 16.0 Å². The van der Waals surface area contributed by atoms with E-state index >= 15 is 0 Å². The normalized spacial score (nSPS) is 21.9. The van der Waals surface area contributed by atoms with Crippen LogP contribution in [0.5, 0.6) is 0 Å². The molecule has 2 aromatic rings. The summed E-state index contributed by atoms with van der Waals surface area (Å²) in [6.45, 7) is 0.773. The Morgan fingerprint density at radius 3 is 2.95 bits per heavy atom. The third-order valence-electron chi connectivity index (χ3n) is 4.19. The van der Waals surface area contributed by atoms with Gasteiger partial charge in [0.2, 0.25) is 5.22 Å². The van der Waals surface area contributed by atoms with Crippen molar-refractivity contribution >= 4 is 28.8 Å². The molecule has 1 unspecified atom stereocenters. The molecular formula is C15H14ClNO2S. The number of furan rings is 1. The first-order valence-corrected chi connectivity index (χ1v) is 8.11. The average molecular weight is 308 g/mol. The molecule has 1 aliphatic carbocycles. The summed E-state index contributed by atoms with van der Waals surface area (Å²) in [5.74, 6) is 0.607.